The highest BCUT2D eigenvalue weighted by molar-refractivity contribution is 5.99. The largest absolute Gasteiger partial charge is 0.482 e. The van der Waals surface area contributed by atoms with E-state index in [9.17, 15) is 9.59 Å². The molecule has 2 heterocycles. The number of hydrogen-bond donors (Lipinski definition) is 1. The molecule has 2 aliphatic heterocycles. The molecular weight excluding hydrogens is 316 g/mol. The average molecular weight is 334 g/mol. The molecule has 0 atom stereocenters. The molecule has 0 aromatic heterocycles. The van der Waals surface area contributed by atoms with Gasteiger partial charge in [0.25, 0.3) is 11.8 Å². The summed E-state index contributed by atoms with van der Waals surface area (Å²) < 4.78 is 5.39. The van der Waals surface area contributed by atoms with Crippen LogP contribution in [0, 0.1) is 0 Å². The van der Waals surface area contributed by atoms with Crippen LogP contribution in [-0.2, 0) is 4.79 Å². The lowest BCUT2D eigenvalue weighted by atomic mass is 9.99. The van der Waals surface area contributed by atoms with Crippen molar-refractivity contribution < 1.29 is 14.3 Å². The van der Waals surface area contributed by atoms with Gasteiger partial charge in [-0.1, -0.05) is 36.4 Å². The van der Waals surface area contributed by atoms with E-state index in [2.05, 4.69) is 23.5 Å². The number of carbonyl (C=O) groups is 2. The standard InChI is InChI=1S/C20H18N2O3/c23-19-13-25-18-12-16(6-7-17(18)21-19)20(24)22-10-8-15(9-11-22)14-4-2-1-3-5-14/h1-8,12H,9-11,13H2,(H,21,23). The number of amides is 2. The summed E-state index contributed by atoms with van der Waals surface area (Å²) in [5.41, 5.74) is 3.68. The minimum atomic E-state index is -0.179. The number of ether oxygens (including phenoxy) is 1. The molecule has 2 aromatic carbocycles. The molecule has 1 N–H and O–H groups in total. The van der Waals surface area contributed by atoms with Crippen LogP contribution in [0.5, 0.6) is 5.75 Å². The van der Waals surface area contributed by atoms with Crippen LogP contribution in [0.15, 0.2) is 54.6 Å². The molecule has 5 nitrogen and oxygen atoms in total. The number of nitrogens with zero attached hydrogens (tertiary/aromatic N) is 1. The highest BCUT2D eigenvalue weighted by atomic mass is 16.5. The molecule has 2 amide bonds. The van der Waals surface area contributed by atoms with Gasteiger partial charge in [-0.05, 0) is 35.8 Å². The Balaban J connectivity index is 1.49. The quantitative estimate of drug-likeness (QED) is 0.919. The summed E-state index contributed by atoms with van der Waals surface area (Å²) in [6.45, 7) is 1.27. The zero-order chi connectivity index (χ0) is 17.2. The molecule has 5 heteroatoms. The number of fused-ring (bicyclic) bond motifs is 1. The predicted octanol–water partition coefficient (Wildman–Crippen LogP) is 2.95. The molecule has 0 aliphatic carbocycles. The fourth-order valence-corrected chi connectivity index (χ4v) is 3.16. The molecule has 0 spiro atoms. The summed E-state index contributed by atoms with van der Waals surface area (Å²) in [7, 11) is 0. The zero-order valence-corrected chi connectivity index (χ0v) is 13.7. The van der Waals surface area contributed by atoms with Gasteiger partial charge in [-0.2, -0.15) is 0 Å². The second-order valence-electron chi connectivity index (χ2n) is 6.14. The van der Waals surface area contributed by atoms with E-state index >= 15 is 0 Å². The number of benzene rings is 2. The third-order valence-corrected chi connectivity index (χ3v) is 4.50. The zero-order valence-electron chi connectivity index (χ0n) is 13.7. The van der Waals surface area contributed by atoms with Gasteiger partial charge in [-0.15, -0.1) is 0 Å². The van der Waals surface area contributed by atoms with Crippen LogP contribution < -0.4 is 10.1 Å². The van der Waals surface area contributed by atoms with Crippen LogP contribution in [-0.4, -0.2) is 36.4 Å². The molecule has 126 valence electrons. The van der Waals surface area contributed by atoms with Gasteiger partial charge in [-0.25, -0.2) is 0 Å². The first-order chi connectivity index (χ1) is 12.2. The molecule has 25 heavy (non-hydrogen) atoms. The molecular formula is C20H18N2O3. The summed E-state index contributed by atoms with van der Waals surface area (Å²) in [6, 6.07) is 15.4. The second-order valence-corrected chi connectivity index (χ2v) is 6.14. The normalized spacial score (nSPS) is 16.4. The van der Waals surface area contributed by atoms with Gasteiger partial charge in [0.15, 0.2) is 6.61 Å². The Kier molecular flexibility index (Phi) is 3.98. The summed E-state index contributed by atoms with van der Waals surface area (Å²) >= 11 is 0. The Morgan fingerprint density at radius 2 is 1.96 bits per heavy atom. The van der Waals surface area contributed by atoms with Crippen molar-refractivity contribution in [2.24, 2.45) is 0 Å². The molecule has 0 saturated carbocycles. The van der Waals surface area contributed by atoms with E-state index in [-0.39, 0.29) is 18.4 Å². The third-order valence-electron chi connectivity index (χ3n) is 4.50. The number of anilines is 1. The van der Waals surface area contributed by atoms with Gasteiger partial charge in [0.1, 0.15) is 5.75 Å². The summed E-state index contributed by atoms with van der Waals surface area (Å²) in [6.07, 6.45) is 2.96. The summed E-state index contributed by atoms with van der Waals surface area (Å²) in [5.74, 6) is 0.343. The smallest absolute Gasteiger partial charge is 0.262 e. The molecule has 2 aromatic rings. The van der Waals surface area contributed by atoms with Gasteiger partial charge in [0.2, 0.25) is 0 Å². The third kappa shape index (κ3) is 3.13. The SMILES string of the molecule is O=C1COc2cc(C(=O)N3CC=C(c4ccccc4)CC3)ccc2N1. The highest BCUT2D eigenvalue weighted by Gasteiger charge is 2.22. The van der Waals surface area contributed by atoms with Crippen LogP contribution in [0.25, 0.3) is 5.57 Å². The first kappa shape index (κ1) is 15.4. The fraction of sp³-hybridized carbons (Fsp3) is 0.200. The fourth-order valence-electron chi connectivity index (χ4n) is 3.16. The number of rotatable bonds is 2. The molecule has 0 saturated heterocycles. The Labute approximate surface area is 145 Å². The van der Waals surface area contributed by atoms with Crippen LogP contribution in [0.1, 0.15) is 22.3 Å². The topological polar surface area (TPSA) is 58.6 Å². The van der Waals surface area contributed by atoms with Gasteiger partial charge in [0.05, 0.1) is 5.69 Å². The first-order valence-corrected chi connectivity index (χ1v) is 8.31. The molecule has 0 fully saturated rings. The lowest BCUT2D eigenvalue weighted by Gasteiger charge is -2.27. The van der Waals surface area contributed by atoms with E-state index < -0.39 is 0 Å². The predicted molar refractivity (Wildman–Crippen MR) is 95.5 cm³/mol. The Bertz CT molecular complexity index is 858. The maximum atomic E-state index is 12.7. The maximum Gasteiger partial charge on any atom is 0.262 e. The van der Waals surface area contributed by atoms with Crippen LogP contribution in [0.3, 0.4) is 0 Å². The average Bonchev–Trinajstić information content (AvgIpc) is 2.68. The number of nitrogens with one attached hydrogen (secondary N) is 1. The van der Waals surface area contributed by atoms with Gasteiger partial charge in [0, 0.05) is 18.7 Å². The first-order valence-electron chi connectivity index (χ1n) is 8.31. The van der Waals surface area contributed by atoms with Crippen molar-refractivity contribution in [3.63, 3.8) is 0 Å². The number of carbonyl (C=O) groups excluding carboxylic acids is 2. The number of hydrogen-bond acceptors (Lipinski definition) is 3. The van der Waals surface area contributed by atoms with Crippen LogP contribution >= 0.6 is 0 Å². The van der Waals surface area contributed by atoms with E-state index in [0.29, 0.717) is 30.1 Å². The lowest BCUT2D eigenvalue weighted by Crippen LogP contribution is -2.34. The Morgan fingerprint density at radius 3 is 2.72 bits per heavy atom. The van der Waals surface area contributed by atoms with Crippen molar-refractivity contribution in [3.8, 4) is 5.75 Å². The second kappa shape index (κ2) is 6.43. The Hall–Kier alpha value is -3.08. The van der Waals surface area contributed by atoms with Crippen molar-refractivity contribution in [2.45, 2.75) is 6.42 Å². The van der Waals surface area contributed by atoms with Crippen molar-refractivity contribution >= 4 is 23.1 Å². The van der Waals surface area contributed by atoms with Gasteiger partial charge < -0.3 is 15.0 Å². The van der Waals surface area contributed by atoms with E-state index in [4.69, 9.17) is 4.74 Å². The minimum absolute atomic E-state index is 0.0163. The van der Waals surface area contributed by atoms with E-state index in [1.807, 2.05) is 23.1 Å². The van der Waals surface area contributed by atoms with Crippen molar-refractivity contribution in [1.82, 2.24) is 4.90 Å². The maximum absolute atomic E-state index is 12.7. The van der Waals surface area contributed by atoms with Crippen LogP contribution in [0.2, 0.25) is 0 Å². The van der Waals surface area contributed by atoms with Crippen LogP contribution in [0.4, 0.5) is 5.69 Å². The van der Waals surface area contributed by atoms with Crippen molar-refractivity contribution in [2.75, 3.05) is 25.0 Å². The molecule has 2 aliphatic rings. The van der Waals surface area contributed by atoms with E-state index in [1.165, 1.54) is 11.1 Å². The van der Waals surface area contributed by atoms with Crippen molar-refractivity contribution in [3.05, 3.63) is 65.7 Å². The monoisotopic (exact) mass is 334 g/mol. The lowest BCUT2D eigenvalue weighted by molar-refractivity contribution is -0.118. The van der Waals surface area contributed by atoms with E-state index in [0.717, 1.165) is 6.42 Å². The van der Waals surface area contributed by atoms with Gasteiger partial charge in [-0.3, -0.25) is 9.59 Å². The Morgan fingerprint density at radius 1 is 1.12 bits per heavy atom. The van der Waals surface area contributed by atoms with Crippen molar-refractivity contribution in [1.29, 1.82) is 0 Å². The highest BCUT2D eigenvalue weighted by Crippen LogP contribution is 2.29. The molecule has 0 bridgehead atoms. The summed E-state index contributed by atoms with van der Waals surface area (Å²) in [5, 5.41) is 2.73. The summed E-state index contributed by atoms with van der Waals surface area (Å²) in [4.78, 5) is 25.9. The molecule has 0 unspecified atom stereocenters. The molecule has 4 rings (SSSR count). The van der Waals surface area contributed by atoms with Gasteiger partial charge >= 0.3 is 0 Å². The molecule has 0 radical (unpaired) electrons. The minimum Gasteiger partial charge on any atom is -0.482 e. The van der Waals surface area contributed by atoms with E-state index in [1.54, 1.807) is 18.2 Å².